The van der Waals surface area contributed by atoms with E-state index in [0.29, 0.717) is 17.5 Å². The maximum Gasteiger partial charge on any atom is 0.241 e. The molecule has 1 aliphatic heterocycles. The summed E-state index contributed by atoms with van der Waals surface area (Å²) in [6.45, 7) is 10.1. The molecule has 2 unspecified atom stereocenters. The lowest BCUT2D eigenvalue weighted by Gasteiger charge is -2.36. The van der Waals surface area contributed by atoms with Crippen LogP contribution in [0.25, 0.3) is 0 Å². The van der Waals surface area contributed by atoms with Gasteiger partial charge in [0.05, 0.1) is 6.04 Å². The fourth-order valence-electron chi connectivity index (χ4n) is 3.20. The smallest absolute Gasteiger partial charge is 0.241 e. The number of nitrogens with zero attached hydrogens (tertiary/aromatic N) is 1. The summed E-state index contributed by atoms with van der Waals surface area (Å²) in [6.07, 6.45) is 2.12. The summed E-state index contributed by atoms with van der Waals surface area (Å²) in [5.41, 5.74) is 1.75. The van der Waals surface area contributed by atoms with Crippen molar-refractivity contribution >= 4 is 29.1 Å². The zero-order valence-electron chi connectivity index (χ0n) is 16.1. The predicted octanol–water partition coefficient (Wildman–Crippen LogP) is 3.46. The van der Waals surface area contributed by atoms with Gasteiger partial charge in [-0.05, 0) is 56.8 Å². The van der Waals surface area contributed by atoms with Crippen LogP contribution in [-0.2, 0) is 9.59 Å². The third kappa shape index (κ3) is 5.71. The summed E-state index contributed by atoms with van der Waals surface area (Å²) in [5.74, 6) is 0.446. The average Bonchev–Trinajstić information content (AvgIpc) is 2.62. The lowest BCUT2D eigenvalue weighted by Crippen LogP contribution is -2.49. The first-order valence-corrected chi connectivity index (χ1v) is 9.74. The second-order valence-electron chi connectivity index (χ2n) is 7.53. The Hall–Kier alpha value is -1.59. The van der Waals surface area contributed by atoms with E-state index in [1.807, 2.05) is 39.8 Å². The molecule has 0 bridgehead atoms. The second kappa shape index (κ2) is 9.38. The summed E-state index contributed by atoms with van der Waals surface area (Å²) in [7, 11) is 0. The minimum Gasteiger partial charge on any atom is -0.356 e. The molecular weight excluding hydrogens is 350 g/mol. The number of piperidine rings is 1. The number of carbonyl (C=O) groups is 2. The zero-order valence-corrected chi connectivity index (χ0v) is 16.9. The van der Waals surface area contributed by atoms with Gasteiger partial charge in [0.1, 0.15) is 0 Å². The molecule has 144 valence electrons. The van der Waals surface area contributed by atoms with E-state index in [1.165, 1.54) is 0 Å². The molecule has 0 aromatic heterocycles. The van der Waals surface area contributed by atoms with Crippen LogP contribution in [0.15, 0.2) is 18.2 Å². The van der Waals surface area contributed by atoms with Crippen LogP contribution in [-0.4, -0.2) is 42.4 Å². The van der Waals surface area contributed by atoms with Crippen LogP contribution in [0.1, 0.15) is 39.2 Å². The van der Waals surface area contributed by atoms with Crippen LogP contribution in [0, 0.1) is 18.8 Å². The molecule has 2 rings (SSSR count). The van der Waals surface area contributed by atoms with Gasteiger partial charge in [-0.2, -0.15) is 0 Å². The standard InChI is InChI=1S/C20H30ClN3O2/c1-13(2)19(25)22-11-16-6-5-9-24(12-16)15(4)20(26)23-18-10-17(21)8-7-14(18)3/h7-8,10,13,15-16H,5-6,9,11-12H2,1-4H3,(H,22,25)(H,23,26). The number of nitrogens with one attached hydrogen (secondary N) is 2. The van der Waals surface area contributed by atoms with Crippen molar-refractivity contribution in [3.63, 3.8) is 0 Å². The molecule has 6 heteroatoms. The van der Waals surface area contributed by atoms with E-state index in [9.17, 15) is 9.59 Å². The molecular formula is C20H30ClN3O2. The largest absolute Gasteiger partial charge is 0.356 e. The van der Waals surface area contributed by atoms with Gasteiger partial charge < -0.3 is 10.6 Å². The topological polar surface area (TPSA) is 61.4 Å². The minimum atomic E-state index is -0.225. The van der Waals surface area contributed by atoms with E-state index in [1.54, 1.807) is 6.07 Å². The Labute approximate surface area is 161 Å². The Morgan fingerprint density at radius 2 is 2.00 bits per heavy atom. The summed E-state index contributed by atoms with van der Waals surface area (Å²) >= 11 is 6.03. The van der Waals surface area contributed by atoms with Crippen molar-refractivity contribution < 1.29 is 9.59 Å². The van der Waals surface area contributed by atoms with Crippen molar-refractivity contribution in [3.8, 4) is 0 Å². The van der Waals surface area contributed by atoms with Crippen LogP contribution in [0.3, 0.4) is 0 Å². The summed E-state index contributed by atoms with van der Waals surface area (Å²) in [5, 5.41) is 6.62. The summed E-state index contributed by atoms with van der Waals surface area (Å²) in [6, 6.07) is 5.27. The Morgan fingerprint density at radius 1 is 1.27 bits per heavy atom. The first-order valence-electron chi connectivity index (χ1n) is 9.36. The monoisotopic (exact) mass is 379 g/mol. The summed E-state index contributed by atoms with van der Waals surface area (Å²) in [4.78, 5) is 26.6. The van der Waals surface area contributed by atoms with Gasteiger partial charge in [-0.1, -0.05) is 31.5 Å². The van der Waals surface area contributed by atoms with Gasteiger partial charge >= 0.3 is 0 Å². The molecule has 1 aliphatic rings. The predicted molar refractivity (Wildman–Crippen MR) is 106 cm³/mol. The third-order valence-corrected chi connectivity index (χ3v) is 5.26. The molecule has 2 amide bonds. The molecule has 0 spiro atoms. The van der Waals surface area contributed by atoms with Gasteiger partial charge in [0.15, 0.2) is 0 Å². The van der Waals surface area contributed by atoms with Gasteiger partial charge in [0.25, 0.3) is 0 Å². The van der Waals surface area contributed by atoms with Crippen molar-refractivity contribution in [2.75, 3.05) is 25.0 Å². The lowest BCUT2D eigenvalue weighted by molar-refractivity contribution is -0.125. The van der Waals surface area contributed by atoms with Gasteiger partial charge in [0, 0.05) is 29.7 Å². The van der Waals surface area contributed by atoms with Crippen LogP contribution in [0.5, 0.6) is 0 Å². The maximum absolute atomic E-state index is 12.7. The van der Waals surface area contributed by atoms with Gasteiger partial charge in [-0.15, -0.1) is 0 Å². The Morgan fingerprint density at radius 3 is 2.69 bits per heavy atom. The molecule has 0 aliphatic carbocycles. The number of rotatable bonds is 6. The van der Waals surface area contributed by atoms with E-state index in [-0.39, 0.29) is 23.8 Å². The minimum absolute atomic E-state index is 0.000307. The van der Waals surface area contributed by atoms with E-state index in [2.05, 4.69) is 15.5 Å². The molecule has 1 aromatic carbocycles. The molecule has 2 atom stereocenters. The molecule has 0 radical (unpaired) electrons. The third-order valence-electron chi connectivity index (χ3n) is 5.02. The number of benzene rings is 1. The number of likely N-dealkylation sites (tertiary alicyclic amines) is 1. The fourth-order valence-corrected chi connectivity index (χ4v) is 3.37. The maximum atomic E-state index is 12.7. The van der Waals surface area contributed by atoms with Crippen LogP contribution in [0.2, 0.25) is 5.02 Å². The number of anilines is 1. The van der Waals surface area contributed by atoms with E-state index >= 15 is 0 Å². The number of hydrogen-bond acceptors (Lipinski definition) is 3. The fraction of sp³-hybridized carbons (Fsp3) is 0.600. The van der Waals surface area contributed by atoms with Crippen LogP contribution >= 0.6 is 11.6 Å². The molecule has 1 heterocycles. The molecule has 1 fully saturated rings. The quantitative estimate of drug-likeness (QED) is 0.795. The molecule has 1 aromatic rings. The first-order chi connectivity index (χ1) is 12.3. The van der Waals surface area contributed by atoms with Crippen molar-refractivity contribution in [1.29, 1.82) is 0 Å². The Bertz CT molecular complexity index is 648. The van der Waals surface area contributed by atoms with E-state index < -0.39 is 0 Å². The Kier molecular flexibility index (Phi) is 7.47. The van der Waals surface area contributed by atoms with Crippen molar-refractivity contribution in [3.05, 3.63) is 28.8 Å². The molecule has 5 nitrogen and oxygen atoms in total. The SMILES string of the molecule is Cc1ccc(Cl)cc1NC(=O)C(C)N1CCCC(CNC(=O)C(C)C)C1. The van der Waals surface area contributed by atoms with Crippen LogP contribution in [0.4, 0.5) is 5.69 Å². The molecule has 0 saturated carbocycles. The second-order valence-corrected chi connectivity index (χ2v) is 7.96. The number of hydrogen-bond donors (Lipinski definition) is 2. The van der Waals surface area contributed by atoms with Gasteiger partial charge in [-0.25, -0.2) is 0 Å². The lowest BCUT2D eigenvalue weighted by atomic mass is 9.96. The van der Waals surface area contributed by atoms with Gasteiger partial charge in [0.2, 0.25) is 11.8 Å². The van der Waals surface area contributed by atoms with Crippen LogP contribution < -0.4 is 10.6 Å². The zero-order chi connectivity index (χ0) is 19.3. The molecule has 1 saturated heterocycles. The molecule has 26 heavy (non-hydrogen) atoms. The van der Waals surface area contributed by atoms with Crippen molar-refractivity contribution in [2.24, 2.45) is 11.8 Å². The highest BCUT2D eigenvalue weighted by molar-refractivity contribution is 6.31. The number of amides is 2. The Balaban J connectivity index is 1.91. The first kappa shape index (κ1) is 20.7. The highest BCUT2D eigenvalue weighted by Gasteiger charge is 2.28. The number of aryl methyl sites for hydroxylation is 1. The summed E-state index contributed by atoms with van der Waals surface area (Å²) < 4.78 is 0. The van der Waals surface area contributed by atoms with E-state index in [4.69, 9.17) is 11.6 Å². The highest BCUT2D eigenvalue weighted by Crippen LogP contribution is 2.22. The normalized spacial score (nSPS) is 19.2. The number of halogens is 1. The van der Waals surface area contributed by atoms with Crippen molar-refractivity contribution in [1.82, 2.24) is 10.2 Å². The molecule has 2 N–H and O–H groups in total. The average molecular weight is 380 g/mol. The van der Waals surface area contributed by atoms with Crippen molar-refractivity contribution in [2.45, 2.75) is 46.6 Å². The van der Waals surface area contributed by atoms with Gasteiger partial charge in [-0.3, -0.25) is 14.5 Å². The van der Waals surface area contributed by atoms with E-state index in [0.717, 1.165) is 37.2 Å². The number of carbonyl (C=O) groups excluding carboxylic acids is 2. The highest BCUT2D eigenvalue weighted by atomic mass is 35.5.